The molecule has 0 spiro atoms. The van der Waals surface area contributed by atoms with Gasteiger partial charge < -0.3 is 30.1 Å². The van der Waals surface area contributed by atoms with Gasteiger partial charge in [-0.3, -0.25) is 9.59 Å². The number of nitrogens with zero attached hydrogens (tertiary/aromatic N) is 3. The summed E-state index contributed by atoms with van der Waals surface area (Å²) in [6.07, 6.45) is 3.46. The first-order valence-corrected chi connectivity index (χ1v) is 13.2. The van der Waals surface area contributed by atoms with Gasteiger partial charge in [0.1, 0.15) is 17.6 Å². The topological polar surface area (TPSA) is 126 Å². The minimum atomic E-state index is -0.868. The molecule has 2 aromatic carbocycles. The third-order valence-electron chi connectivity index (χ3n) is 7.33. The summed E-state index contributed by atoms with van der Waals surface area (Å²) >= 11 is 0. The standard InChI is InChI=1S/C29H32FN5O5/c1-17(27(37)33-26(16-36)20-11-21(30)14-23(12-20)39-2)35-15-19-4-3-18(13-24(19)28(35)38)25-5-8-31-29(34-25)32-22-6-9-40-10-7-22/h3-5,8,11-14,17,22,26,36H,6-7,9-10,15-16H2,1-2H3,(H,33,37)(H,31,32,34). The third kappa shape index (κ3) is 5.90. The van der Waals surface area contributed by atoms with Crippen molar-refractivity contribution in [1.29, 1.82) is 0 Å². The lowest BCUT2D eigenvalue weighted by Gasteiger charge is -2.26. The van der Waals surface area contributed by atoms with Crippen LogP contribution in [0.2, 0.25) is 0 Å². The molecule has 210 valence electrons. The average molecular weight is 550 g/mol. The number of carbonyl (C=O) groups is 2. The van der Waals surface area contributed by atoms with E-state index in [1.54, 1.807) is 31.3 Å². The number of rotatable bonds is 9. The van der Waals surface area contributed by atoms with Gasteiger partial charge in [0.05, 0.1) is 25.5 Å². The molecular weight excluding hydrogens is 517 g/mol. The zero-order valence-corrected chi connectivity index (χ0v) is 22.4. The lowest BCUT2D eigenvalue weighted by Crippen LogP contribution is -2.46. The fraction of sp³-hybridized carbons (Fsp3) is 0.379. The SMILES string of the molecule is COc1cc(F)cc(C(CO)NC(=O)C(C)N2Cc3ccc(-c4ccnc(NC5CCOCC5)n4)cc3C2=O)c1. The maximum absolute atomic E-state index is 14.0. The Morgan fingerprint density at radius 3 is 2.77 bits per heavy atom. The summed E-state index contributed by atoms with van der Waals surface area (Å²) in [4.78, 5) is 37.0. The number of aliphatic hydroxyl groups is 1. The second-order valence-electron chi connectivity index (χ2n) is 9.95. The molecule has 0 radical (unpaired) electrons. The number of hydrogen-bond acceptors (Lipinski definition) is 8. The molecule has 5 rings (SSSR count). The Morgan fingerprint density at radius 1 is 1.23 bits per heavy atom. The fourth-order valence-electron chi connectivity index (χ4n) is 4.98. The Kier molecular flexibility index (Phi) is 8.22. The Labute approximate surface area is 231 Å². The van der Waals surface area contributed by atoms with E-state index < -0.39 is 30.4 Å². The fourth-order valence-corrected chi connectivity index (χ4v) is 4.98. The van der Waals surface area contributed by atoms with E-state index in [1.807, 2.05) is 12.1 Å². The van der Waals surface area contributed by atoms with Crippen LogP contribution in [-0.4, -0.2) is 70.8 Å². The summed E-state index contributed by atoms with van der Waals surface area (Å²) in [6, 6.07) is 9.89. The van der Waals surface area contributed by atoms with Crippen molar-refractivity contribution in [3.63, 3.8) is 0 Å². The molecule has 0 bridgehead atoms. The van der Waals surface area contributed by atoms with E-state index in [1.165, 1.54) is 24.1 Å². The molecule has 40 heavy (non-hydrogen) atoms. The Balaban J connectivity index is 1.28. The van der Waals surface area contributed by atoms with Crippen LogP contribution >= 0.6 is 0 Å². The Morgan fingerprint density at radius 2 is 2.02 bits per heavy atom. The second-order valence-corrected chi connectivity index (χ2v) is 9.95. The van der Waals surface area contributed by atoms with Gasteiger partial charge in [-0.15, -0.1) is 0 Å². The van der Waals surface area contributed by atoms with Gasteiger partial charge >= 0.3 is 0 Å². The molecule has 2 aliphatic heterocycles. The highest BCUT2D eigenvalue weighted by Crippen LogP contribution is 2.30. The number of carbonyl (C=O) groups excluding carboxylic acids is 2. The van der Waals surface area contributed by atoms with E-state index in [-0.39, 0.29) is 24.2 Å². The minimum absolute atomic E-state index is 0.250. The summed E-state index contributed by atoms with van der Waals surface area (Å²) in [5.41, 5.74) is 3.11. The summed E-state index contributed by atoms with van der Waals surface area (Å²) in [5.74, 6) is -0.499. The Bertz CT molecular complexity index is 1400. The number of fused-ring (bicyclic) bond motifs is 1. The van der Waals surface area contributed by atoms with Crippen molar-refractivity contribution in [3.8, 4) is 17.0 Å². The molecule has 3 aromatic rings. The van der Waals surface area contributed by atoms with Crippen molar-refractivity contribution in [3.05, 3.63) is 71.2 Å². The Hall–Kier alpha value is -4.09. The number of ether oxygens (including phenoxy) is 2. The van der Waals surface area contributed by atoms with Crippen LogP contribution in [-0.2, 0) is 16.1 Å². The van der Waals surface area contributed by atoms with Crippen molar-refractivity contribution in [2.24, 2.45) is 0 Å². The molecule has 2 unspecified atom stereocenters. The van der Waals surface area contributed by atoms with Gasteiger partial charge in [-0.1, -0.05) is 12.1 Å². The predicted molar refractivity (Wildman–Crippen MR) is 145 cm³/mol. The van der Waals surface area contributed by atoms with E-state index in [9.17, 15) is 19.1 Å². The second kappa shape index (κ2) is 12.0. The van der Waals surface area contributed by atoms with Crippen molar-refractivity contribution in [2.75, 3.05) is 32.2 Å². The smallest absolute Gasteiger partial charge is 0.255 e. The normalized spacial score (nSPS) is 16.8. The van der Waals surface area contributed by atoms with Crippen molar-refractivity contribution >= 4 is 17.8 Å². The van der Waals surface area contributed by atoms with Crippen LogP contribution in [0.25, 0.3) is 11.3 Å². The summed E-state index contributed by atoms with van der Waals surface area (Å²) in [7, 11) is 1.41. The minimum Gasteiger partial charge on any atom is -0.497 e. The molecule has 0 saturated carbocycles. The van der Waals surface area contributed by atoms with Gasteiger partial charge in [0.25, 0.3) is 5.91 Å². The molecule has 2 aliphatic rings. The van der Waals surface area contributed by atoms with Crippen molar-refractivity contribution < 1.29 is 28.6 Å². The highest BCUT2D eigenvalue weighted by Gasteiger charge is 2.35. The van der Waals surface area contributed by atoms with Gasteiger partial charge in [0, 0.05) is 49.2 Å². The zero-order chi connectivity index (χ0) is 28.2. The highest BCUT2D eigenvalue weighted by atomic mass is 19.1. The van der Waals surface area contributed by atoms with E-state index >= 15 is 0 Å². The van der Waals surface area contributed by atoms with Crippen LogP contribution in [0.5, 0.6) is 5.75 Å². The first-order chi connectivity index (χ1) is 19.4. The molecule has 2 amide bonds. The number of aromatic nitrogens is 2. The predicted octanol–water partition coefficient (Wildman–Crippen LogP) is 3.08. The van der Waals surface area contributed by atoms with E-state index in [0.29, 0.717) is 36.0 Å². The van der Waals surface area contributed by atoms with E-state index in [2.05, 4.69) is 20.6 Å². The van der Waals surface area contributed by atoms with Gasteiger partial charge in [0.2, 0.25) is 11.9 Å². The number of benzene rings is 2. The number of aliphatic hydroxyl groups excluding tert-OH is 1. The summed E-state index contributed by atoms with van der Waals surface area (Å²) in [5, 5.41) is 16.0. The number of nitrogens with one attached hydrogen (secondary N) is 2. The third-order valence-corrected chi connectivity index (χ3v) is 7.33. The quantitative estimate of drug-likeness (QED) is 0.372. The largest absolute Gasteiger partial charge is 0.497 e. The van der Waals surface area contributed by atoms with Gasteiger partial charge in [0.15, 0.2) is 0 Å². The van der Waals surface area contributed by atoms with Crippen LogP contribution in [0.4, 0.5) is 10.3 Å². The molecular formula is C29H32FN5O5. The maximum Gasteiger partial charge on any atom is 0.255 e. The van der Waals surface area contributed by atoms with Crippen molar-refractivity contribution in [2.45, 2.75) is 44.4 Å². The van der Waals surface area contributed by atoms with Crippen LogP contribution in [0.15, 0.2) is 48.7 Å². The average Bonchev–Trinajstić information content (AvgIpc) is 3.31. The molecule has 2 atom stereocenters. The first kappa shape index (κ1) is 27.5. The van der Waals surface area contributed by atoms with Gasteiger partial charge in [-0.25, -0.2) is 14.4 Å². The molecule has 3 N–H and O–H groups in total. The van der Waals surface area contributed by atoms with Crippen LogP contribution < -0.4 is 15.4 Å². The molecule has 11 heteroatoms. The van der Waals surface area contributed by atoms with E-state index in [0.717, 1.165) is 24.0 Å². The highest BCUT2D eigenvalue weighted by molar-refractivity contribution is 6.02. The molecule has 3 heterocycles. The molecule has 1 saturated heterocycles. The number of amides is 2. The number of halogens is 1. The lowest BCUT2D eigenvalue weighted by atomic mass is 10.0. The first-order valence-electron chi connectivity index (χ1n) is 13.2. The molecule has 1 aromatic heterocycles. The molecule has 0 aliphatic carbocycles. The summed E-state index contributed by atoms with van der Waals surface area (Å²) in [6.45, 7) is 2.85. The van der Waals surface area contributed by atoms with Crippen LogP contribution in [0, 0.1) is 5.82 Å². The molecule has 1 fully saturated rings. The van der Waals surface area contributed by atoms with Gasteiger partial charge in [-0.2, -0.15) is 0 Å². The van der Waals surface area contributed by atoms with Crippen LogP contribution in [0.3, 0.4) is 0 Å². The van der Waals surface area contributed by atoms with Crippen molar-refractivity contribution in [1.82, 2.24) is 20.2 Å². The van der Waals surface area contributed by atoms with Crippen LogP contribution in [0.1, 0.15) is 47.3 Å². The van der Waals surface area contributed by atoms with E-state index in [4.69, 9.17) is 9.47 Å². The summed E-state index contributed by atoms with van der Waals surface area (Å²) < 4.78 is 24.5. The number of hydrogen-bond donors (Lipinski definition) is 3. The monoisotopic (exact) mass is 549 g/mol. The van der Waals surface area contributed by atoms with Gasteiger partial charge in [-0.05, 0) is 55.2 Å². The lowest BCUT2D eigenvalue weighted by molar-refractivity contribution is -0.126. The number of methoxy groups -OCH3 is 1. The zero-order valence-electron chi connectivity index (χ0n) is 22.4. The maximum atomic E-state index is 14.0. The molecule has 10 nitrogen and oxygen atoms in total. The number of anilines is 1.